The van der Waals surface area contributed by atoms with Crippen LogP contribution in [0.4, 0.5) is 0 Å². The van der Waals surface area contributed by atoms with E-state index in [-0.39, 0.29) is 5.78 Å². The van der Waals surface area contributed by atoms with Crippen LogP contribution in [0.2, 0.25) is 0 Å². The molecule has 3 heteroatoms. The summed E-state index contributed by atoms with van der Waals surface area (Å²) in [6.45, 7) is 0. The molecule has 0 saturated carbocycles. The van der Waals surface area contributed by atoms with Gasteiger partial charge in [-0.1, -0.05) is 30.3 Å². The summed E-state index contributed by atoms with van der Waals surface area (Å²) in [7, 11) is 1.94. The summed E-state index contributed by atoms with van der Waals surface area (Å²) >= 11 is 0. The first-order chi connectivity index (χ1) is 7.77. The first-order valence-corrected chi connectivity index (χ1v) is 5.32. The smallest absolute Gasteiger partial charge is 0.163 e. The quantitative estimate of drug-likeness (QED) is 0.731. The Morgan fingerprint density at radius 3 is 2.69 bits per heavy atom. The molecule has 0 bridgehead atoms. The van der Waals surface area contributed by atoms with E-state index in [4.69, 9.17) is 0 Å². The van der Waals surface area contributed by atoms with Crippen molar-refractivity contribution in [3.8, 4) is 0 Å². The maximum absolute atomic E-state index is 11.8. The van der Waals surface area contributed by atoms with Gasteiger partial charge in [0.25, 0.3) is 0 Å². The van der Waals surface area contributed by atoms with Gasteiger partial charge in [0.2, 0.25) is 0 Å². The van der Waals surface area contributed by atoms with Gasteiger partial charge in [-0.2, -0.15) is 0 Å². The van der Waals surface area contributed by atoms with Gasteiger partial charge in [0, 0.05) is 37.8 Å². The number of hydrogen-bond donors (Lipinski definition) is 0. The second-order valence-corrected chi connectivity index (χ2v) is 3.74. The van der Waals surface area contributed by atoms with E-state index in [1.165, 1.54) is 0 Å². The van der Waals surface area contributed by atoms with Crippen LogP contribution in [0.5, 0.6) is 0 Å². The summed E-state index contributed by atoms with van der Waals surface area (Å²) in [5.74, 6) is 1.12. The number of nitrogens with zero attached hydrogens (tertiary/aromatic N) is 2. The Labute approximate surface area is 94.7 Å². The molecule has 1 aromatic carbocycles. The Balaban J connectivity index is 1.97. The molecule has 0 unspecified atom stereocenters. The van der Waals surface area contributed by atoms with Crippen LogP contribution >= 0.6 is 0 Å². The molecule has 1 aromatic heterocycles. The van der Waals surface area contributed by atoms with E-state index in [9.17, 15) is 4.79 Å². The third-order valence-corrected chi connectivity index (χ3v) is 2.59. The molecule has 0 N–H and O–H groups in total. The van der Waals surface area contributed by atoms with Crippen LogP contribution in [0.25, 0.3) is 0 Å². The maximum Gasteiger partial charge on any atom is 0.163 e. The van der Waals surface area contributed by atoms with E-state index in [2.05, 4.69) is 4.98 Å². The molecule has 3 nitrogen and oxygen atoms in total. The number of ketones is 1. The first kappa shape index (κ1) is 10.6. The third-order valence-electron chi connectivity index (χ3n) is 2.59. The lowest BCUT2D eigenvalue weighted by atomic mass is 10.1. The minimum absolute atomic E-state index is 0.170. The van der Waals surface area contributed by atoms with Crippen molar-refractivity contribution >= 4 is 5.78 Å². The second kappa shape index (κ2) is 4.75. The molecular weight excluding hydrogens is 200 g/mol. The molecule has 0 atom stereocenters. The minimum atomic E-state index is 0.170. The highest BCUT2D eigenvalue weighted by atomic mass is 16.1. The van der Waals surface area contributed by atoms with Crippen LogP contribution in [-0.2, 0) is 13.5 Å². The molecule has 1 heterocycles. The van der Waals surface area contributed by atoms with Crippen molar-refractivity contribution in [2.24, 2.45) is 7.05 Å². The van der Waals surface area contributed by atoms with Gasteiger partial charge in [-0.25, -0.2) is 4.98 Å². The molecule has 0 aliphatic carbocycles. The fourth-order valence-electron chi connectivity index (χ4n) is 1.63. The summed E-state index contributed by atoms with van der Waals surface area (Å²) in [6.07, 6.45) is 4.84. The Bertz CT molecular complexity index is 474. The van der Waals surface area contributed by atoms with E-state index < -0.39 is 0 Å². The highest BCUT2D eigenvalue weighted by Gasteiger charge is 2.07. The molecule has 16 heavy (non-hydrogen) atoms. The predicted molar refractivity (Wildman–Crippen MR) is 62.3 cm³/mol. The van der Waals surface area contributed by atoms with Gasteiger partial charge < -0.3 is 4.57 Å². The van der Waals surface area contributed by atoms with Crippen molar-refractivity contribution in [1.29, 1.82) is 0 Å². The number of rotatable bonds is 4. The number of aromatic nitrogens is 2. The number of carbonyl (C=O) groups excluding carboxylic acids is 1. The predicted octanol–water partition coefficient (Wildman–Crippen LogP) is 2.24. The standard InChI is InChI=1S/C13H14N2O/c1-15-10-9-14-13(15)8-7-12(16)11-5-3-2-4-6-11/h2-6,9-10H,7-8H2,1H3. The van der Waals surface area contributed by atoms with Crippen molar-refractivity contribution in [3.05, 3.63) is 54.1 Å². The van der Waals surface area contributed by atoms with Crippen LogP contribution < -0.4 is 0 Å². The lowest BCUT2D eigenvalue weighted by Crippen LogP contribution is -2.04. The molecule has 0 aliphatic rings. The highest BCUT2D eigenvalue weighted by molar-refractivity contribution is 5.96. The number of imidazole rings is 1. The zero-order valence-corrected chi connectivity index (χ0v) is 9.26. The summed E-state index contributed by atoms with van der Waals surface area (Å²) < 4.78 is 1.94. The second-order valence-electron chi connectivity index (χ2n) is 3.74. The van der Waals surface area contributed by atoms with Gasteiger partial charge in [-0.05, 0) is 0 Å². The topological polar surface area (TPSA) is 34.9 Å². The minimum Gasteiger partial charge on any atom is -0.338 e. The molecule has 2 aromatic rings. The number of aryl methyl sites for hydroxylation is 2. The van der Waals surface area contributed by atoms with Crippen molar-refractivity contribution in [2.45, 2.75) is 12.8 Å². The lowest BCUT2D eigenvalue weighted by molar-refractivity contribution is 0.0982. The Morgan fingerprint density at radius 1 is 1.31 bits per heavy atom. The van der Waals surface area contributed by atoms with Crippen molar-refractivity contribution in [1.82, 2.24) is 9.55 Å². The van der Waals surface area contributed by atoms with Gasteiger partial charge >= 0.3 is 0 Å². The number of hydrogen-bond acceptors (Lipinski definition) is 2. The number of Topliss-reactive ketones (excluding diaryl/α,β-unsaturated/α-hetero) is 1. The van der Waals surface area contributed by atoms with Crippen LogP contribution in [0.3, 0.4) is 0 Å². The van der Waals surface area contributed by atoms with Crippen molar-refractivity contribution in [2.75, 3.05) is 0 Å². The first-order valence-electron chi connectivity index (χ1n) is 5.32. The molecule has 0 aliphatic heterocycles. The summed E-state index contributed by atoms with van der Waals surface area (Å²) in [5, 5.41) is 0. The largest absolute Gasteiger partial charge is 0.338 e. The Hall–Kier alpha value is -1.90. The van der Waals surface area contributed by atoms with E-state index in [1.807, 2.05) is 48.1 Å². The van der Waals surface area contributed by atoms with Crippen LogP contribution in [-0.4, -0.2) is 15.3 Å². The number of benzene rings is 1. The molecule has 0 fully saturated rings. The SMILES string of the molecule is Cn1ccnc1CCC(=O)c1ccccc1. The molecule has 0 saturated heterocycles. The van der Waals surface area contributed by atoms with E-state index in [0.717, 1.165) is 11.4 Å². The van der Waals surface area contributed by atoms with Gasteiger partial charge in [0.1, 0.15) is 5.82 Å². The zero-order valence-electron chi connectivity index (χ0n) is 9.26. The van der Waals surface area contributed by atoms with Crippen LogP contribution in [0, 0.1) is 0 Å². The summed E-state index contributed by atoms with van der Waals surface area (Å²) in [4.78, 5) is 16.0. The summed E-state index contributed by atoms with van der Waals surface area (Å²) in [5.41, 5.74) is 0.775. The highest BCUT2D eigenvalue weighted by Crippen LogP contribution is 2.06. The van der Waals surface area contributed by atoms with Gasteiger partial charge in [0.05, 0.1) is 0 Å². The molecule has 2 rings (SSSR count). The number of carbonyl (C=O) groups is 1. The van der Waals surface area contributed by atoms with Crippen LogP contribution in [0.1, 0.15) is 22.6 Å². The molecule has 82 valence electrons. The fourth-order valence-corrected chi connectivity index (χ4v) is 1.63. The van der Waals surface area contributed by atoms with E-state index in [0.29, 0.717) is 12.8 Å². The average Bonchev–Trinajstić information content (AvgIpc) is 2.73. The molecular formula is C13H14N2O. The van der Waals surface area contributed by atoms with Gasteiger partial charge in [-0.15, -0.1) is 0 Å². The van der Waals surface area contributed by atoms with Crippen molar-refractivity contribution < 1.29 is 4.79 Å². The van der Waals surface area contributed by atoms with Gasteiger partial charge in [-0.3, -0.25) is 4.79 Å². The summed E-state index contributed by atoms with van der Waals surface area (Å²) in [6, 6.07) is 9.37. The fraction of sp³-hybridized carbons (Fsp3) is 0.231. The molecule has 0 spiro atoms. The van der Waals surface area contributed by atoms with E-state index >= 15 is 0 Å². The monoisotopic (exact) mass is 214 g/mol. The molecule has 0 amide bonds. The average molecular weight is 214 g/mol. The van der Waals surface area contributed by atoms with E-state index in [1.54, 1.807) is 6.20 Å². The van der Waals surface area contributed by atoms with Crippen molar-refractivity contribution in [3.63, 3.8) is 0 Å². The third kappa shape index (κ3) is 2.37. The maximum atomic E-state index is 11.8. The zero-order chi connectivity index (χ0) is 11.4. The molecule has 0 radical (unpaired) electrons. The Kier molecular flexibility index (Phi) is 3.15. The van der Waals surface area contributed by atoms with Crippen LogP contribution in [0.15, 0.2) is 42.7 Å². The Morgan fingerprint density at radius 2 is 2.06 bits per heavy atom. The normalized spacial score (nSPS) is 10.3. The van der Waals surface area contributed by atoms with Gasteiger partial charge in [0.15, 0.2) is 5.78 Å². The lowest BCUT2D eigenvalue weighted by Gasteiger charge is -2.01.